The lowest BCUT2D eigenvalue weighted by atomic mass is 10.1. The molecule has 0 unspecified atom stereocenters. The summed E-state index contributed by atoms with van der Waals surface area (Å²) in [4.78, 5) is 16.1. The minimum absolute atomic E-state index is 0.166. The molecule has 5 heteroatoms. The Kier molecular flexibility index (Phi) is 5.17. The molecule has 0 radical (unpaired) electrons. The van der Waals surface area contributed by atoms with Gasteiger partial charge in [0.05, 0.1) is 10.6 Å². The fourth-order valence-electron chi connectivity index (χ4n) is 2.05. The number of halogens is 1. The third-order valence-electron chi connectivity index (χ3n) is 3.28. The highest BCUT2D eigenvalue weighted by molar-refractivity contribution is 6.33. The normalized spacial score (nSPS) is 10.2. The van der Waals surface area contributed by atoms with Crippen LogP contribution in [-0.2, 0) is 6.42 Å². The van der Waals surface area contributed by atoms with Crippen molar-refractivity contribution >= 4 is 23.3 Å². The minimum atomic E-state index is -0.166. The van der Waals surface area contributed by atoms with Crippen LogP contribution < -0.4 is 10.6 Å². The highest BCUT2D eigenvalue weighted by Crippen LogP contribution is 2.19. The molecule has 4 nitrogen and oxygen atoms in total. The predicted octanol–water partition coefficient (Wildman–Crippen LogP) is 3.06. The van der Waals surface area contributed by atoms with E-state index in [2.05, 4.69) is 34.7 Å². The molecule has 110 valence electrons. The van der Waals surface area contributed by atoms with Crippen LogP contribution in [0.4, 0.5) is 5.82 Å². The van der Waals surface area contributed by atoms with Crippen LogP contribution in [0.2, 0.25) is 5.02 Å². The number of nitrogens with one attached hydrogen (secondary N) is 2. The van der Waals surface area contributed by atoms with E-state index in [-0.39, 0.29) is 5.91 Å². The molecule has 1 aromatic carbocycles. The number of hydrogen-bond donors (Lipinski definition) is 2. The molecule has 0 aliphatic carbocycles. The summed E-state index contributed by atoms with van der Waals surface area (Å²) in [6.45, 7) is 2.65. The summed E-state index contributed by atoms with van der Waals surface area (Å²) in [5, 5.41) is 6.17. The molecule has 2 aromatic rings. The van der Waals surface area contributed by atoms with Crippen molar-refractivity contribution in [2.45, 2.75) is 13.3 Å². The van der Waals surface area contributed by atoms with Crippen LogP contribution in [0.1, 0.15) is 21.5 Å². The van der Waals surface area contributed by atoms with Gasteiger partial charge in [-0.3, -0.25) is 4.79 Å². The number of carbonyl (C=O) groups excluding carboxylic acids is 1. The summed E-state index contributed by atoms with van der Waals surface area (Å²) in [5.41, 5.74) is 2.93. The first-order valence-corrected chi connectivity index (χ1v) is 7.15. The fourth-order valence-corrected chi connectivity index (χ4v) is 2.31. The van der Waals surface area contributed by atoms with Gasteiger partial charge < -0.3 is 10.6 Å². The van der Waals surface area contributed by atoms with Crippen molar-refractivity contribution in [1.82, 2.24) is 10.3 Å². The number of nitrogens with zero attached hydrogens (tertiary/aromatic N) is 1. The number of pyridine rings is 1. The van der Waals surface area contributed by atoms with Crippen molar-refractivity contribution in [2.24, 2.45) is 0 Å². The summed E-state index contributed by atoms with van der Waals surface area (Å²) >= 11 is 6.02. The van der Waals surface area contributed by atoms with Crippen LogP contribution in [0.5, 0.6) is 0 Å². The van der Waals surface area contributed by atoms with Crippen LogP contribution >= 0.6 is 11.6 Å². The summed E-state index contributed by atoms with van der Waals surface area (Å²) in [5.74, 6) is 0.397. The molecular formula is C16H18ClN3O. The van der Waals surface area contributed by atoms with Crippen molar-refractivity contribution in [3.05, 3.63) is 58.2 Å². The van der Waals surface area contributed by atoms with Gasteiger partial charge in [-0.15, -0.1) is 0 Å². The Balaban J connectivity index is 1.93. The maximum atomic E-state index is 12.0. The van der Waals surface area contributed by atoms with E-state index >= 15 is 0 Å². The van der Waals surface area contributed by atoms with Crippen LogP contribution in [0.25, 0.3) is 0 Å². The van der Waals surface area contributed by atoms with Crippen LogP contribution in [-0.4, -0.2) is 24.5 Å². The number of aromatic nitrogens is 1. The van der Waals surface area contributed by atoms with Gasteiger partial charge in [0.1, 0.15) is 5.82 Å². The van der Waals surface area contributed by atoms with Crippen LogP contribution in [0.3, 0.4) is 0 Å². The predicted molar refractivity (Wildman–Crippen MR) is 86.0 cm³/mol. The highest BCUT2D eigenvalue weighted by Gasteiger charge is 2.09. The number of carbonyl (C=O) groups is 1. The molecule has 0 fully saturated rings. The van der Waals surface area contributed by atoms with E-state index in [1.54, 1.807) is 13.1 Å². The first kappa shape index (κ1) is 15.3. The van der Waals surface area contributed by atoms with Crippen molar-refractivity contribution in [2.75, 3.05) is 18.9 Å². The van der Waals surface area contributed by atoms with Crippen LogP contribution in [0, 0.1) is 6.92 Å². The first-order chi connectivity index (χ1) is 10.1. The molecule has 0 bridgehead atoms. The van der Waals surface area contributed by atoms with Gasteiger partial charge in [-0.2, -0.15) is 0 Å². The van der Waals surface area contributed by atoms with Crippen LogP contribution in [0.15, 0.2) is 36.5 Å². The number of amides is 1. The van der Waals surface area contributed by atoms with E-state index in [0.717, 1.165) is 6.42 Å². The maximum absolute atomic E-state index is 12.0. The molecule has 2 rings (SSSR count). The number of anilines is 1. The summed E-state index contributed by atoms with van der Waals surface area (Å²) < 4.78 is 0. The summed E-state index contributed by atoms with van der Waals surface area (Å²) in [6.07, 6.45) is 2.31. The third-order valence-corrected chi connectivity index (χ3v) is 3.57. The topological polar surface area (TPSA) is 54.0 Å². The van der Waals surface area contributed by atoms with Crippen molar-refractivity contribution in [1.29, 1.82) is 0 Å². The Morgan fingerprint density at radius 1 is 1.33 bits per heavy atom. The molecule has 1 amide bonds. The second-order valence-electron chi connectivity index (χ2n) is 4.74. The van der Waals surface area contributed by atoms with E-state index in [9.17, 15) is 4.79 Å². The minimum Gasteiger partial charge on any atom is -0.372 e. The highest BCUT2D eigenvalue weighted by atomic mass is 35.5. The zero-order valence-electron chi connectivity index (χ0n) is 12.1. The number of benzene rings is 1. The zero-order chi connectivity index (χ0) is 15.2. The molecule has 0 aliphatic heterocycles. The number of aryl methyl sites for hydroxylation is 1. The Labute approximate surface area is 129 Å². The standard InChI is InChI=1S/C16H18ClN3O/c1-11-5-3-4-6-12(11)7-8-19-16(21)13-9-14(17)15(18-2)20-10-13/h3-6,9-10H,7-8H2,1-2H3,(H,18,20)(H,19,21). The summed E-state index contributed by atoms with van der Waals surface area (Å²) in [6, 6.07) is 9.77. The molecule has 1 aromatic heterocycles. The Morgan fingerprint density at radius 2 is 2.10 bits per heavy atom. The molecular weight excluding hydrogens is 286 g/mol. The lowest BCUT2D eigenvalue weighted by Gasteiger charge is -2.08. The van der Waals surface area contributed by atoms with Gasteiger partial charge in [0, 0.05) is 19.8 Å². The molecule has 0 saturated heterocycles. The van der Waals surface area contributed by atoms with Gasteiger partial charge in [0.15, 0.2) is 0 Å². The molecule has 0 saturated carbocycles. The van der Waals surface area contributed by atoms with Crippen molar-refractivity contribution in [3.63, 3.8) is 0 Å². The average molecular weight is 304 g/mol. The van der Waals surface area contributed by atoms with E-state index < -0.39 is 0 Å². The van der Waals surface area contributed by atoms with E-state index in [1.165, 1.54) is 17.3 Å². The second-order valence-corrected chi connectivity index (χ2v) is 5.14. The molecule has 0 atom stereocenters. The second kappa shape index (κ2) is 7.09. The first-order valence-electron chi connectivity index (χ1n) is 6.78. The van der Waals surface area contributed by atoms with Crippen molar-refractivity contribution in [3.8, 4) is 0 Å². The van der Waals surface area contributed by atoms with Gasteiger partial charge in [-0.05, 0) is 30.5 Å². The molecule has 0 spiro atoms. The Morgan fingerprint density at radius 3 is 2.76 bits per heavy atom. The fraction of sp³-hybridized carbons (Fsp3) is 0.250. The van der Waals surface area contributed by atoms with Crippen molar-refractivity contribution < 1.29 is 4.79 Å². The molecule has 2 N–H and O–H groups in total. The zero-order valence-corrected chi connectivity index (χ0v) is 12.9. The smallest absolute Gasteiger partial charge is 0.252 e. The van der Waals surface area contributed by atoms with Gasteiger partial charge in [-0.1, -0.05) is 35.9 Å². The van der Waals surface area contributed by atoms with E-state index in [1.807, 2.05) is 12.1 Å². The lowest BCUT2D eigenvalue weighted by molar-refractivity contribution is 0.0954. The van der Waals surface area contributed by atoms with Gasteiger partial charge in [0.25, 0.3) is 5.91 Å². The molecule has 21 heavy (non-hydrogen) atoms. The largest absolute Gasteiger partial charge is 0.372 e. The van der Waals surface area contributed by atoms with Gasteiger partial charge in [0.2, 0.25) is 0 Å². The third kappa shape index (κ3) is 3.95. The van der Waals surface area contributed by atoms with E-state index in [0.29, 0.717) is 22.9 Å². The van der Waals surface area contributed by atoms with E-state index in [4.69, 9.17) is 11.6 Å². The molecule has 1 heterocycles. The monoisotopic (exact) mass is 303 g/mol. The quantitative estimate of drug-likeness (QED) is 0.892. The lowest BCUT2D eigenvalue weighted by Crippen LogP contribution is -2.26. The SMILES string of the molecule is CNc1ncc(C(=O)NCCc2ccccc2C)cc1Cl. The molecule has 0 aliphatic rings. The Hall–Kier alpha value is -2.07. The van der Waals surface area contributed by atoms with Gasteiger partial charge >= 0.3 is 0 Å². The average Bonchev–Trinajstić information content (AvgIpc) is 2.49. The Bertz CT molecular complexity index is 643. The number of rotatable bonds is 5. The maximum Gasteiger partial charge on any atom is 0.252 e. The summed E-state index contributed by atoms with van der Waals surface area (Å²) in [7, 11) is 1.73. The number of hydrogen-bond acceptors (Lipinski definition) is 3. The van der Waals surface area contributed by atoms with Gasteiger partial charge in [-0.25, -0.2) is 4.98 Å².